The van der Waals surface area contributed by atoms with E-state index in [-0.39, 0.29) is 0 Å². The van der Waals surface area contributed by atoms with Crippen LogP contribution in [0.4, 0.5) is 0 Å². The van der Waals surface area contributed by atoms with Gasteiger partial charge in [0.1, 0.15) is 11.5 Å². The molecule has 2 rings (SSSR count). The lowest BCUT2D eigenvalue weighted by atomic mass is 10.1. The minimum Gasteiger partial charge on any atom is -0.493 e. The van der Waals surface area contributed by atoms with E-state index in [1.807, 2.05) is 24.3 Å². The molecule has 2 N–H and O–H groups in total. The van der Waals surface area contributed by atoms with Crippen molar-refractivity contribution >= 4 is 5.96 Å². The fourth-order valence-corrected chi connectivity index (χ4v) is 2.32. The second-order valence-corrected chi connectivity index (χ2v) is 6.35. The molecule has 0 radical (unpaired) electrons. The molecule has 136 valence electrons. The smallest absolute Gasteiger partial charge is 0.191 e. The van der Waals surface area contributed by atoms with Crippen LogP contribution >= 0.6 is 0 Å². The highest BCUT2D eigenvalue weighted by atomic mass is 16.5. The summed E-state index contributed by atoms with van der Waals surface area (Å²) in [4.78, 5) is 4.24. The summed E-state index contributed by atoms with van der Waals surface area (Å²) in [5.74, 6) is 3.25. The lowest BCUT2D eigenvalue weighted by Gasteiger charge is -2.12. The molecule has 1 aromatic heterocycles. The monoisotopic (exact) mass is 343 g/mol. The molecule has 0 bridgehead atoms. The van der Waals surface area contributed by atoms with Gasteiger partial charge in [0.25, 0.3) is 0 Å². The Kier molecular flexibility index (Phi) is 7.89. The van der Waals surface area contributed by atoms with Gasteiger partial charge in [0, 0.05) is 26.6 Å². The van der Waals surface area contributed by atoms with Gasteiger partial charge in [-0.25, -0.2) is 0 Å². The highest BCUT2D eigenvalue weighted by molar-refractivity contribution is 5.79. The third kappa shape index (κ3) is 7.33. The average Bonchev–Trinajstić information content (AvgIpc) is 3.13. The number of furan rings is 1. The number of guanidine groups is 1. The minimum absolute atomic E-state index is 0.538. The molecule has 25 heavy (non-hydrogen) atoms. The van der Waals surface area contributed by atoms with Crippen molar-refractivity contribution in [1.82, 2.24) is 10.6 Å². The summed E-state index contributed by atoms with van der Waals surface area (Å²) in [6.07, 6.45) is 3.47. The Morgan fingerprint density at radius 3 is 2.40 bits per heavy atom. The molecule has 0 saturated heterocycles. The third-order valence-corrected chi connectivity index (χ3v) is 3.68. The Balaban J connectivity index is 1.66. The molecule has 0 amide bonds. The van der Waals surface area contributed by atoms with E-state index in [1.54, 1.807) is 13.3 Å². The van der Waals surface area contributed by atoms with Gasteiger partial charge in [-0.3, -0.25) is 4.99 Å². The highest BCUT2D eigenvalue weighted by Gasteiger charge is 2.01. The molecule has 1 aromatic carbocycles. The minimum atomic E-state index is 0.538. The quantitative estimate of drug-likeness (QED) is 0.542. The predicted molar refractivity (Wildman–Crippen MR) is 102 cm³/mol. The van der Waals surface area contributed by atoms with E-state index in [0.29, 0.717) is 5.92 Å². The SMILES string of the molecule is CN=C(NCCc1ccc(OCC(C)C)cc1)NCCc1ccco1. The van der Waals surface area contributed by atoms with Gasteiger partial charge in [-0.05, 0) is 42.2 Å². The normalized spacial score (nSPS) is 11.6. The maximum atomic E-state index is 5.71. The van der Waals surface area contributed by atoms with E-state index in [0.717, 1.165) is 50.0 Å². The molecule has 0 aliphatic rings. The van der Waals surface area contributed by atoms with Crippen molar-refractivity contribution < 1.29 is 9.15 Å². The molecular weight excluding hydrogens is 314 g/mol. The third-order valence-electron chi connectivity index (χ3n) is 3.68. The molecule has 0 spiro atoms. The standard InChI is InChI=1S/C20H29N3O2/c1-16(2)15-25-19-8-6-17(7-9-19)10-12-22-20(21-3)23-13-11-18-5-4-14-24-18/h4-9,14,16H,10-13,15H2,1-3H3,(H2,21,22,23). The lowest BCUT2D eigenvalue weighted by Crippen LogP contribution is -2.39. The van der Waals surface area contributed by atoms with Crippen molar-refractivity contribution in [1.29, 1.82) is 0 Å². The van der Waals surface area contributed by atoms with E-state index in [2.05, 4.69) is 41.6 Å². The van der Waals surface area contributed by atoms with Crippen molar-refractivity contribution in [3.63, 3.8) is 0 Å². The zero-order chi connectivity index (χ0) is 17.9. The molecule has 0 atom stereocenters. The van der Waals surface area contributed by atoms with Crippen LogP contribution in [-0.2, 0) is 12.8 Å². The molecule has 1 heterocycles. The molecule has 5 heteroatoms. The Morgan fingerprint density at radius 1 is 1.08 bits per heavy atom. The summed E-state index contributed by atoms with van der Waals surface area (Å²) >= 11 is 0. The fourth-order valence-electron chi connectivity index (χ4n) is 2.32. The lowest BCUT2D eigenvalue weighted by molar-refractivity contribution is 0.271. The molecule has 0 fully saturated rings. The van der Waals surface area contributed by atoms with Crippen LogP contribution in [-0.4, -0.2) is 32.7 Å². The van der Waals surface area contributed by atoms with E-state index >= 15 is 0 Å². The summed E-state index contributed by atoms with van der Waals surface area (Å²) < 4.78 is 11.0. The summed E-state index contributed by atoms with van der Waals surface area (Å²) in [5.41, 5.74) is 1.27. The molecular formula is C20H29N3O2. The Hall–Kier alpha value is -2.43. The molecule has 0 aliphatic carbocycles. The van der Waals surface area contributed by atoms with Gasteiger partial charge in [-0.2, -0.15) is 0 Å². The number of nitrogens with zero attached hydrogens (tertiary/aromatic N) is 1. The van der Waals surface area contributed by atoms with Gasteiger partial charge in [-0.15, -0.1) is 0 Å². The first-order valence-electron chi connectivity index (χ1n) is 8.86. The highest BCUT2D eigenvalue weighted by Crippen LogP contribution is 2.13. The maximum absolute atomic E-state index is 5.71. The number of benzene rings is 1. The molecule has 5 nitrogen and oxygen atoms in total. The number of hydrogen-bond donors (Lipinski definition) is 2. The van der Waals surface area contributed by atoms with Crippen molar-refractivity contribution in [2.45, 2.75) is 26.7 Å². The van der Waals surface area contributed by atoms with Gasteiger partial charge in [0.15, 0.2) is 5.96 Å². The van der Waals surface area contributed by atoms with Crippen LogP contribution < -0.4 is 15.4 Å². The largest absolute Gasteiger partial charge is 0.493 e. The number of aliphatic imine (C=N–C) groups is 1. The van der Waals surface area contributed by atoms with Gasteiger partial charge < -0.3 is 19.8 Å². The number of hydrogen-bond acceptors (Lipinski definition) is 3. The topological polar surface area (TPSA) is 58.8 Å². The Morgan fingerprint density at radius 2 is 1.80 bits per heavy atom. The first kappa shape index (κ1) is 18.9. The van der Waals surface area contributed by atoms with E-state index in [1.165, 1.54) is 5.56 Å². The second kappa shape index (κ2) is 10.4. The van der Waals surface area contributed by atoms with E-state index in [4.69, 9.17) is 9.15 Å². The Labute approximate surface area is 150 Å². The van der Waals surface area contributed by atoms with Crippen LogP contribution in [0, 0.1) is 5.92 Å². The maximum Gasteiger partial charge on any atom is 0.191 e. The molecule has 0 unspecified atom stereocenters. The van der Waals surface area contributed by atoms with Crippen LogP contribution in [0.25, 0.3) is 0 Å². The first-order chi connectivity index (χ1) is 12.2. The van der Waals surface area contributed by atoms with Crippen molar-refractivity contribution in [3.8, 4) is 5.75 Å². The molecule has 0 saturated carbocycles. The van der Waals surface area contributed by atoms with Crippen LogP contribution in [0.3, 0.4) is 0 Å². The van der Waals surface area contributed by atoms with Crippen molar-refractivity contribution in [2.24, 2.45) is 10.9 Å². The van der Waals surface area contributed by atoms with Crippen LogP contribution in [0.1, 0.15) is 25.2 Å². The van der Waals surface area contributed by atoms with Gasteiger partial charge in [0.2, 0.25) is 0 Å². The summed E-state index contributed by atoms with van der Waals surface area (Å²) in [7, 11) is 1.78. The second-order valence-electron chi connectivity index (χ2n) is 6.35. The first-order valence-corrected chi connectivity index (χ1v) is 8.86. The summed E-state index contributed by atoms with van der Waals surface area (Å²) in [6.45, 7) is 6.66. The van der Waals surface area contributed by atoms with E-state index in [9.17, 15) is 0 Å². The zero-order valence-corrected chi connectivity index (χ0v) is 15.4. The Bertz CT molecular complexity index is 619. The molecule has 2 aromatic rings. The van der Waals surface area contributed by atoms with Gasteiger partial charge in [-0.1, -0.05) is 26.0 Å². The number of rotatable bonds is 9. The van der Waals surface area contributed by atoms with Crippen molar-refractivity contribution in [2.75, 3.05) is 26.7 Å². The van der Waals surface area contributed by atoms with Crippen LogP contribution in [0.15, 0.2) is 52.1 Å². The summed E-state index contributed by atoms with van der Waals surface area (Å²) in [6, 6.07) is 12.2. The van der Waals surface area contributed by atoms with Gasteiger partial charge >= 0.3 is 0 Å². The average molecular weight is 343 g/mol. The number of ether oxygens (including phenoxy) is 1. The fraction of sp³-hybridized carbons (Fsp3) is 0.450. The summed E-state index contributed by atoms with van der Waals surface area (Å²) in [5, 5.41) is 6.62. The van der Waals surface area contributed by atoms with Crippen molar-refractivity contribution in [3.05, 3.63) is 54.0 Å². The van der Waals surface area contributed by atoms with Crippen LogP contribution in [0.2, 0.25) is 0 Å². The molecule has 0 aliphatic heterocycles. The zero-order valence-electron chi connectivity index (χ0n) is 15.4. The number of nitrogens with one attached hydrogen (secondary N) is 2. The van der Waals surface area contributed by atoms with Crippen LogP contribution in [0.5, 0.6) is 5.75 Å². The van der Waals surface area contributed by atoms with E-state index < -0.39 is 0 Å². The van der Waals surface area contributed by atoms with Gasteiger partial charge in [0.05, 0.1) is 12.9 Å². The predicted octanol–water partition coefficient (Wildman–Crippen LogP) is 3.26.